The fourth-order valence-corrected chi connectivity index (χ4v) is 3.10. The number of nitrogens with zero attached hydrogens (tertiary/aromatic N) is 3. The number of methoxy groups -OCH3 is 1. The van der Waals surface area contributed by atoms with E-state index in [0.717, 1.165) is 47.9 Å². The standard InChI is InChI=1S/C18H23ClN4O/c1-12-6-8-23(9-7-12)18-11-17(20-13(2)21-18)22-15-10-14(19)4-5-16(15)24-3/h4-5,10-12H,6-9H2,1-3H3,(H,20,21,22). The van der Waals surface area contributed by atoms with Crippen molar-refractivity contribution in [2.24, 2.45) is 5.92 Å². The molecule has 128 valence electrons. The van der Waals surface area contributed by atoms with Crippen molar-refractivity contribution < 1.29 is 4.74 Å². The molecule has 0 amide bonds. The van der Waals surface area contributed by atoms with Gasteiger partial charge in [-0.15, -0.1) is 0 Å². The second-order valence-electron chi connectivity index (χ2n) is 6.30. The molecule has 0 saturated carbocycles. The number of piperidine rings is 1. The van der Waals surface area contributed by atoms with Crippen molar-refractivity contribution in [3.8, 4) is 5.75 Å². The monoisotopic (exact) mass is 346 g/mol. The number of nitrogens with one attached hydrogen (secondary N) is 1. The van der Waals surface area contributed by atoms with Crippen LogP contribution in [0.4, 0.5) is 17.3 Å². The number of benzene rings is 1. The minimum atomic E-state index is 0.648. The average molecular weight is 347 g/mol. The molecule has 0 spiro atoms. The summed E-state index contributed by atoms with van der Waals surface area (Å²) in [5.74, 6) is 3.98. The third-order valence-electron chi connectivity index (χ3n) is 4.36. The van der Waals surface area contributed by atoms with Crippen LogP contribution in [0.5, 0.6) is 5.75 Å². The van der Waals surface area contributed by atoms with E-state index in [1.165, 1.54) is 12.8 Å². The van der Waals surface area contributed by atoms with Crippen molar-refractivity contribution in [2.75, 3.05) is 30.4 Å². The maximum atomic E-state index is 6.10. The van der Waals surface area contributed by atoms with E-state index in [4.69, 9.17) is 16.3 Å². The number of aromatic nitrogens is 2. The van der Waals surface area contributed by atoms with Crippen molar-refractivity contribution in [3.63, 3.8) is 0 Å². The molecule has 1 saturated heterocycles. The van der Waals surface area contributed by atoms with Crippen molar-refractivity contribution in [3.05, 3.63) is 35.1 Å². The highest BCUT2D eigenvalue weighted by atomic mass is 35.5. The summed E-state index contributed by atoms with van der Waals surface area (Å²) in [6, 6.07) is 7.46. The van der Waals surface area contributed by atoms with E-state index in [-0.39, 0.29) is 0 Å². The lowest BCUT2D eigenvalue weighted by molar-refractivity contribution is 0.417. The van der Waals surface area contributed by atoms with Crippen LogP contribution in [0, 0.1) is 12.8 Å². The molecule has 6 heteroatoms. The predicted molar refractivity (Wildman–Crippen MR) is 98.7 cm³/mol. The van der Waals surface area contributed by atoms with Gasteiger partial charge in [0.05, 0.1) is 12.8 Å². The van der Waals surface area contributed by atoms with Gasteiger partial charge >= 0.3 is 0 Å². The normalized spacial score (nSPS) is 15.4. The minimum absolute atomic E-state index is 0.648. The van der Waals surface area contributed by atoms with E-state index in [1.807, 2.05) is 25.1 Å². The van der Waals surface area contributed by atoms with Crippen LogP contribution in [0.15, 0.2) is 24.3 Å². The Kier molecular flexibility index (Phi) is 5.09. The molecule has 1 aromatic heterocycles. The van der Waals surface area contributed by atoms with Crippen LogP contribution in [-0.4, -0.2) is 30.2 Å². The number of hydrogen-bond donors (Lipinski definition) is 1. The van der Waals surface area contributed by atoms with Gasteiger partial charge in [0.15, 0.2) is 0 Å². The number of hydrogen-bond acceptors (Lipinski definition) is 5. The lowest BCUT2D eigenvalue weighted by Gasteiger charge is -2.31. The van der Waals surface area contributed by atoms with E-state index in [0.29, 0.717) is 5.02 Å². The highest BCUT2D eigenvalue weighted by Crippen LogP contribution is 2.31. The Balaban J connectivity index is 1.85. The van der Waals surface area contributed by atoms with Crippen LogP contribution in [0.3, 0.4) is 0 Å². The fraction of sp³-hybridized carbons (Fsp3) is 0.444. The van der Waals surface area contributed by atoms with Crippen LogP contribution in [-0.2, 0) is 0 Å². The van der Waals surface area contributed by atoms with Gasteiger partial charge in [-0.25, -0.2) is 9.97 Å². The Labute approximate surface area is 148 Å². The number of rotatable bonds is 4. The third-order valence-corrected chi connectivity index (χ3v) is 4.59. The van der Waals surface area contributed by atoms with Crippen LogP contribution in [0.25, 0.3) is 0 Å². The summed E-state index contributed by atoms with van der Waals surface area (Å²) in [6.07, 6.45) is 2.40. The molecule has 5 nitrogen and oxygen atoms in total. The number of anilines is 3. The van der Waals surface area contributed by atoms with Crippen LogP contribution in [0.2, 0.25) is 5.02 Å². The topological polar surface area (TPSA) is 50.3 Å². The number of ether oxygens (including phenoxy) is 1. The lowest BCUT2D eigenvalue weighted by atomic mass is 9.99. The van der Waals surface area contributed by atoms with E-state index >= 15 is 0 Å². The molecule has 0 unspecified atom stereocenters. The van der Waals surface area contributed by atoms with Crippen molar-refractivity contribution in [2.45, 2.75) is 26.7 Å². The Morgan fingerprint density at radius 3 is 2.67 bits per heavy atom. The predicted octanol–water partition coefficient (Wildman–Crippen LogP) is 4.43. The Hall–Kier alpha value is -2.01. The summed E-state index contributed by atoms with van der Waals surface area (Å²) in [6.45, 7) is 6.30. The maximum Gasteiger partial charge on any atom is 0.142 e. The second-order valence-corrected chi connectivity index (χ2v) is 6.73. The van der Waals surface area contributed by atoms with E-state index in [9.17, 15) is 0 Å². The van der Waals surface area contributed by atoms with E-state index in [2.05, 4.69) is 27.1 Å². The van der Waals surface area contributed by atoms with E-state index < -0.39 is 0 Å². The first kappa shape index (κ1) is 16.8. The molecular formula is C18H23ClN4O. The first-order chi connectivity index (χ1) is 11.5. The molecule has 0 radical (unpaired) electrons. The van der Waals surface area contributed by atoms with Crippen molar-refractivity contribution >= 4 is 28.9 Å². The quantitative estimate of drug-likeness (QED) is 0.887. The lowest BCUT2D eigenvalue weighted by Crippen LogP contribution is -2.33. The summed E-state index contributed by atoms with van der Waals surface area (Å²) in [5.41, 5.74) is 0.793. The van der Waals surface area contributed by atoms with Gasteiger partial charge in [-0.05, 0) is 43.9 Å². The summed E-state index contributed by atoms with van der Waals surface area (Å²) >= 11 is 6.10. The van der Waals surface area contributed by atoms with Gasteiger partial charge in [0.25, 0.3) is 0 Å². The molecule has 1 N–H and O–H groups in total. The largest absolute Gasteiger partial charge is 0.495 e. The van der Waals surface area contributed by atoms with Crippen molar-refractivity contribution in [1.29, 1.82) is 0 Å². The van der Waals surface area contributed by atoms with Gasteiger partial charge in [0.2, 0.25) is 0 Å². The highest BCUT2D eigenvalue weighted by Gasteiger charge is 2.18. The highest BCUT2D eigenvalue weighted by molar-refractivity contribution is 6.31. The molecule has 1 aliphatic heterocycles. The van der Waals surface area contributed by atoms with Gasteiger partial charge < -0.3 is 15.0 Å². The van der Waals surface area contributed by atoms with Crippen molar-refractivity contribution in [1.82, 2.24) is 9.97 Å². The molecule has 0 atom stereocenters. The molecule has 3 rings (SSSR count). The van der Waals surface area contributed by atoms with Gasteiger partial charge in [-0.3, -0.25) is 0 Å². The molecule has 1 aliphatic rings. The summed E-state index contributed by atoms with van der Waals surface area (Å²) in [5, 5.41) is 3.95. The van der Waals surface area contributed by atoms with E-state index in [1.54, 1.807) is 13.2 Å². The molecule has 2 aromatic rings. The van der Waals surface area contributed by atoms with Gasteiger partial charge in [0.1, 0.15) is 23.2 Å². The molecule has 2 heterocycles. The van der Waals surface area contributed by atoms with Crippen LogP contribution >= 0.6 is 11.6 Å². The Morgan fingerprint density at radius 2 is 1.96 bits per heavy atom. The molecule has 0 aliphatic carbocycles. The van der Waals surface area contributed by atoms with Crippen LogP contribution < -0.4 is 15.0 Å². The zero-order valence-electron chi connectivity index (χ0n) is 14.3. The van der Waals surface area contributed by atoms with Gasteiger partial charge in [0, 0.05) is 24.2 Å². The first-order valence-electron chi connectivity index (χ1n) is 8.26. The zero-order valence-corrected chi connectivity index (χ0v) is 15.1. The van der Waals surface area contributed by atoms with Gasteiger partial charge in [-0.1, -0.05) is 18.5 Å². The Bertz CT molecular complexity index is 714. The summed E-state index contributed by atoms with van der Waals surface area (Å²) < 4.78 is 5.39. The zero-order chi connectivity index (χ0) is 17.1. The van der Waals surface area contributed by atoms with Crippen LogP contribution in [0.1, 0.15) is 25.6 Å². The molecule has 24 heavy (non-hydrogen) atoms. The minimum Gasteiger partial charge on any atom is -0.495 e. The maximum absolute atomic E-state index is 6.10. The van der Waals surface area contributed by atoms with Gasteiger partial charge in [-0.2, -0.15) is 0 Å². The molecule has 0 bridgehead atoms. The molecular weight excluding hydrogens is 324 g/mol. The third kappa shape index (κ3) is 3.90. The molecule has 1 aromatic carbocycles. The first-order valence-corrected chi connectivity index (χ1v) is 8.64. The average Bonchev–Trinajstić information content (AvgIpc) is 2.55. The summed E-state index contributed by atoms with van der Waals surface area (Å²) in [7, 11) is 1.64. The SMILES string of the molecule is COc1ccc(Cl)cc1Nc1cc(N2CCC(C)CC2)nc(C)n1. The smallest absolute Gasteiger partial charge is 0.142 e. The second kappa shape index (κ2) is 7.26. The fourth-order valence-electron chi connectivity index (χ4n) is 2.93. The summed E-state index contributed by atoms with van der Waals surface area (Å²) in [4.78, 5) is 11.4. The Morgan fingerprint density at radius 1 is 1.21 bits per heavy atom. The number of halogens is 1. The molecule has 1 fully saturated rings. The number of aryl methyl sites for hydroxylation is 1.